The molecule has 3 saturated heterocycles. The van der Waals surface area contributed by atoms with E-state index >= 15 is 0 Å². The number of methoxy groups -OCH3 is 1. The number of nitrogens with one attached hydrogen (secondary N) is 2. The quantitative estimate of drug-likeness (QED) is 0.311. The zero-order chi connectivity index (χ0) is 31.7. The van der Waals surface area contributed by atoms with Gasteiger partial charge < -0.3 is 24.6 Å². The highest BCUT2D eigenvalue weighted by molar-refractivity contribution is 7.89. The first-order chi connectivity index (χ1) is 20.7. The molecule has 0 saturated carbocycles. The number of ether oxygens (including phenoxy) is 2. The monoisotopic (exact) mass is 664 g/mol. The van der Waals surface area contributed by atoms with Crippen LogP contribution in [0, 0.1) is 0 Å². The van der Waals surface area contributed by atoms with Crippen molar-refractivity contribution < 1.29 is 40.2 Å². The van der Waals surface area contributed by atoms with E-state index in [1.54, 1.807) is 9.80 Å². The lowest BCUT2D eigenvalue weighted by molar-refractivity contribution is -0.161. The first-order valence-corrected chi connectivity index (χ1v) is 15.7. The number of rotatable bonds is 8. The van der Waals surface area contributed by atoms with Crippen LogP contribution < -0.4 is 20.6 Å². The molecular weight excluding hydrogens is 636 g/mol. The van der Waals surface area contributed by atoms with Crippen LogP contribution in [-0.4, -0.2) is 116 Å². The minimum Gasteiger partial charge on any atom is -0.377 e. The molecule has 1 aromatic carbocycles. The molecule has 3 fully saturated rings. The molecule has 1 amide bonds. The number of halogens is 4. The van der Waals surface area contributed by atoms with Crippen LogP contribution in [-0.2, 0) is 37.5 Å². The Morgan fingerprint density at radius 3 is 2.36 bits per heavy atom. The number of fused-ring (bicyclic) bond motifs is 1. The zero-order valence-electron chi connectivity index (χ0n) is 23.5. The van der Waals surface area contributed by atoms with Crippen molar-refractivity contribution in [3.63, 3.8) is 0 Å². The van der Waals surface area contributed by atoms with E-state index < -0.39 is 49.8 Å². The molecule has 2 aromatic heterocycles. The van der Waals surface area contributed by atoms with Crippen LogP contribution in [0.4, 0.5) is 23.2 Å². The maximum atomic E-state index is 13.8. The molecule has 0 bridgehead atoms. The lowest BCUT2D eigenvalue weighted by atomic mass is 9.94. The van der Waals surface area contributed by atoms with E-state index in [2.05, 4.69) is 20.2 Å². The Labute approximate surface area is 251 Å². The van der Waals surface area contributed by atoms with Crippen molar-refractivity contribution in [3.8, 4) is 5.13 Å². The first kappa shape index (κ1) is 30.8. The van der Waals surface area contributed by atoms with E-state index in [4.69, 9.17) is 9.47 Å². The SMILES string of the molecule is COC1(C(=O)N2CCN(c3cc(S(=O)(=O)NC4(CF)COC4)cc4c3n(C)c(=O)n4-c3nnc(C(F)(F)F)s3)CC2)CNC1. The Morgan fingerprint density at radius 2 is 1.86 bits per heavy atom. The fourth-order valence-corrected chi connectivity index (χ4v) is 7.59. The number of hydrogen-bond donors (Lipinski definition) is 2. The average Bonchev–Trinajstić information content (AvgIpc) is 3.53. The number of piperazine rings is 1. The third kappa shape index (κ3) is 4.96. The van der Waals surface area contributed by atoms with Gasteiger partial charge in [0.2, 0.25) is 20.2 Å². The summed E-state index contributed by atoms with van der Waals surface area (Å²) in [6.07, 6.45) is -4.81. The lowest BCUT2D eigenvalue weighted by Gasteiger charge is -2.45. The van der Waals surface area contributed by atoms with Crippen LogP contribution in [0.1, 0.15) is 5.01 Å². The van der Waals surface area contributed by atoms with Gasteiger partial charge in [0, 0.05) is 53.4 Å². The summed E-state index contributed by atoms with van der Waals surface area (Å²) >= 11 is 0.128. The second-order valence-corrected chi connectivity index (χ2v) is 13.6. The third-order valence-electron chi connectivity index (χ3n) is 8.13. The number of sulfonamides is 1. The largest absolute Gasteiger partial charge is 0.445 e. The van der Waals surface area contributed by atoms with Crippen LogP contribution in [0.5, 0.6) is 0 Å². The van der Waals surface area contributed by atoms with Crippen molar-refractivity contribution in [1.29, 1.82) is 0 Å². The van der Waals surface area contributed by atoms with Gasteiger partial charge >= 0.3 is 11.9 Å². The minimum atomic E-state index is -4.81. The van der Waals surface area contributed by atoms with Crippen LogP contribution in [0.2, 0.25) is 0 Å². The fourth-order valence-electron chi connectivity index (χ4n) is 5.47. The van der Waals surface area contributed by atoms with Crippen molar-refractivity contribution in [3.05, 3.63) is 27.6 Å². The number of hydrogen-bond acceptors (Lipinski definition) is 11. The molecule has 14 nitrogen and oxygen atoms in total. The highest BCUT2D eigenvalue weighted by atomic mass is 32.2. The number of carbonyl (C=O) groups excluding carboxylic acids is 1. The smallest absolute Gasteiger partial charge is 0.377 e. The molecular formula is C24H28F4N8O6S2. The van der Waals surface area contributed by atoms with Gasteiger partial charge in [0.25, 0.3) is 5.91 Å². The van der Waals surface area contributed by atoms with Crippen LogP contribution in [0.3, 0.4) is 0 Å². The summed E-state index contributed by atoms with van der Waals surface area (Å²) in [4.78, 5) is 29.7. The Hall–Kier alpha value is -3.17. The highest BCUT2D eigenvalue weighted by Crippen LogP contribution is 2.36. The molecule has 2 N–H and O–H groups in total. The van der Waals surface area contributed by atoms with Crippen molar-refractivity contribution in [2.24, 2.45) is 7.05 Å². The molecule has 0 atom stereocenters. The van der Waals surface area contributed by atoms with Crippen LogP contribution >= 0.6 is 11.3 Å². The van der Waals surface area contributed by atoms with Gasteiger partial charge in [0.05, 0.1) is 34.8 Å². The topological polar surface area (TPSA) is 153 Å². The van der Waals surface area contributed by atoms with Gasteiger partial charge in [-0.15, -0.1) is 10.2 Å². The molecule has 3 aliphatic rings. The molecule has 44 heavy (non-hydrogen) atoms. The molecule has 0 unspecified atom stereocenters. The van der Waals surface area contributed by atoms with Gasteiger partial charge in [-0.3, -0.25) is 9.36 Å². The summed E-state index contributed by atoms with van der Waals surface area (Å²) in [5, 5.41) is 8.08. The number of imidazole rings is 1. The average molecular weight is 665 g/mol. The number of alkyl halides is 4. The fraction of sp³-hybridized carbons (Fsp3) is 0.583. The molecule has 3 aromatic rings. The van der Waals surface area contributed by atoms with Gasteiger partial charge in [-0.1, -0.05) is 11.3 Å². The van der Waals surface area contributed by atoms with Crippen molar-refractivity contribution in [1.82, 2.24) is 34.3 Å². The number of aromatic nitrogens is 4. The summed E-state index contributed by atoms with van der Waals surface area (Å²) in [5.41, 5.74) is -2.75. The Balaban J connectivity index is 1.44. The van der Waals surface area contributed by atoms with Crippen molar-refractivity contribution in [2.75, 3.05) is 71.2 Å². The molecule has 6 rings (SSSR count). The van der Waals surface area contributed by atoms with E-state index in [9.17, 15) is 35.6 Å². The summed E-state index contributed by atoms with van der Waals surface area (Å²) in [5.74, 6) is -0.182. The summed E-state index contributed by atoms with van der Waals surface area (Å²) in [6, 6.07) is 2.46. The van der Waals surface area contributed by atoms with E-state index in [1.807, 2.05) is 0 Å². The van der Waals surface area contributed by atoms with Crippen molar-refractivity contribution >= 4 is 44.0 Å². The molecule has 20 heteroatoms. The number of carbonyl (C=O) groups is 1. The Kier molecular flexibility index (Phi) is 7.52. The van der Waals surface area contributed by atoms with E-state index in [0.29, 0.717) is 13.1 Å². The van der Waals surface area contributed by atoms with Gasteiger partial charge in [0.15, 0.2) is 5.60 Å². The van der Waals surface area contributed by atoms with E-state index in [-0.39, 0.29) is 78.3 Å². The molecule has 5 heterocycles. The predicted molar refractivity (Wildman–Crippen MR) is 148 cm³/mol. The summed E-state index contributed by atoms with van der Waals surface area (Å²) in [6.45, 7) is 0.328. The number of benzene rings is 1. The Morgan fingerprint density at radius 1 is 1.18 bits per heavy atom. The maximum absolute atomic E-state index is 13.8. The first-order valence-electron chi connectivity index (χ1n) is 13.4. The number of nitrogens with zero attached hydrogens (tertiary/aromatic N) is 6. The summed E-state index contributed by atoms with van der Waals surface area (Å²) in [7, 11) is -1.56. The number of aryl methyl sites for hydroxylation is 1. The minimum absolute atomic E-state index is 0.0446. The van der Waals surface area contributed by atoms with Gasteiger partial charge in [0.1, 0.15) is 12.2 Å². The number of amides is 1. The predicted octanol–water partition coefficient (Wildman–Crippen LogP) is -0.147. The highest BCUT2D eigenvalue weighted by Gasteiger charge is 2.48. The zero-order valence-corrected chi connectivity index (χ0v) is 25.1. The molecule has 0 aliphatic carbocycles. The van der Waals surface area contributed by atoms with E-state index in [0.717, 1.165) is 10.6 Å². The summed E-state index contributed by atoms with van der Waals surface area (Å²) < 4.78 is 95.9. The number of anilines is 1. The standard InChI is InChI=1S/C24H28F4N8O6S2/c1-33-17-15(34-3-5-35(6-4-34)19(37)23(41-2)10-29-11-23)7-14(44(39,40)32-22(9-25)12-42-13-22)8-16(17)36(21(33)38)20-31-30-18(43-20)24(26,27)28/h7-8,29,32H,3-6,9-13H2,1-2H3. The van der Waals surface area contributed by atoms with Crippen LogP contribution in [0.15, 0.2) is 21.8 Å². The van der Waals surface area contributed by atoms with Gasteiger partial charge in [-0.25, -0.2) is 22.2 Å². The lowest BCUT2D eigenvalue weighted by Crippen LogP contribution is -2.70. The molecule has 0 radical (unpaired) electrons. The Bertz CT molecular complexity index is 1760. The van der Waals surface area contributed by atoms with Crippen molar-refractivity contribution in [2.45, 2.75) is 22.2 Å². The molecule has 3 aliphatic heterocycles. The normalized spacial score (nSPS) is 20.0. The second kappa shape index (κ2) is 10.7. The molecule has 0 spiro atoms. The van der Waals surface area contributed by atoms with Gasteiger partial charge in [-0.2, -0.15) is 17.9 Å². The third-order valence-corrected chi connectivity index (χ3v) is 10.6. The molecule has 240 valence electrons. The van der Waals surface area contributed by atoms with E-state index in [1.165, 1.54) is 24.8 Å². The van der Waals surface area contributed by atoms with Gasteiger partial charge in [-0.05, 0) is 12.1 Å². The maximum Gasteiger partial charge on any atom is 0.445 e. The van der Waals surface area contributed by atoms with Crippen LogP contribution in [0.25, 0.3) is 16.2 Å². The second-order valence-electron chi connectivity index (χ2n) is 11.0.